The van der Waals surface area contributed by atoms with Crippen molar-refractivity contribution >= 4 is 28.5 Å². The van der Waals surface area contributed by atoms with E-state index in [4.69, 9.17) is 5.73 Å². The Labute approximate surface area is 116 Å². The van der Waals surface area contributed by atoms with Gasteiger partial charge in [-0.3, -0.25) is 0 Å². The second-order valence-corrected chi connectivity index (χ2v) is 5.42. The van der Waals surface area contributed by atoms with Gasteiger partial charge in [0.2, 0.25) is 0 Å². The Morgan fingerprint density at radius 3 is 2.74 bits per heavy atom. The highest BCUT2D eigenvalue weighted by molar-refractivity contribution is 7.98. The van der Waals surface area contributed by atoms with Crippen LogP contribution in [0.4, 0.5) is 5.69 Å². The van der Waals surface area contributed by atoms with Crippen molar-refractivity contribution < 1.29 is 0 Å². The number of nitrogens with zero attached hydrogens (tertiary/aromatic N) is 2. The van der Waals surface area contributed by atoms with Crippen LogP contribution in [0.1, 0.15) is 5.56 Å². The topological polar surface area (TPSA) is 43.8 Å². The molecule has 3 aromatic rings. The van der Waals surface area contributed by atoms with Crippen LogP contribution in [-0.4, -0.2) is 9.55 Å². The van der Waals surface area contributed by atoms with Crippen LogP contribution in [0.25, 0.3) is 11.0 Å². The van der Waals surface area contributed by atoms with Crippen LogP contribution in [0.3, 0.4) is 0 Å². The lowest BCUT2D eigenvalue weighted by molar-refractivity contribution is 0.815. The monoisotopic (exact) mass is 269 g/mol. The molecular formula is C15H15N3S. The molecule has 0 bridgehead atoms. The summed E-state index contributed by atoms with van der Waals surface area (Å²) in [6, 6.07) is 16.3. The van der Waals surface area contributed by atoms with Crippen LogP contribution >= 0.6 is 11.8 Å². The molecule has 4 heteroatoms. The molecule has 0 aliphatic heterocycles. The summed E-state index contributed by atoms with van der Waals surface area (Å²) >= 11 is 1.74. The fourth-order valence-corrected chi connectivity index (χ4v) is 2.99. The number of fused-ring (bicyclic) bond motifs is 1. The van der Waals surface area contributed by atoms with Crippen LogP contribution in [0, 0.1) is 0 Å². The molecule has 1 heterocycles. The van der Waals surface area contributed by atoms with Crippen molar-refractivity contribution in [2.45, 2.75) is 10.9 Å². The SMILES string of the molecule is Cn1c(SCc2ccccc2)nc2cc(N)ccc21. The molecule has 0 saturated carbocycles. The third-order valence-electron chi connectivity index (χ3n) is 3.07. The second-order valence-electron chi connectivity index (χ2n) is 4.48. The molecule has 0 aliphatic carbocycles. The molecular weight excluding hydrogens is 254 g/mol. The van der Waals surface area contributed by atoms with E-state index in [0.717, 1.165) is 27.6 Å². The van der Waals surface area contributed by atoms with Gasteiger partial charge in [-0.15, -0.1) is 0 Å². The highest BCUT2D eigenvalue weighted by Gasteiger charge is 2.08. The molecule has 1 aromatic heterocycles. The Bertz CT molecular complexity index is 704. The molecule has 96 valence electrons. The molecule has 0 radical (unpaired) electrons. The van der Waals surface area contributed by atoms with Gasteiger partial charge in [0.05, 0.1) is 11.0 Å². The van der Waals surface area contributed by atoms with Gasteiger partial charge in [0.25, 0.3) is 0 Å². The largest absolute Gasteiger partial charge is 0.399 e. The average Bonchev–Trinajstić information content (AvgIpc) is 2.74. The lowest BCUT2D eigenvalue weighted by Gasteiger charge is -2.02. The molecule has 0 aliphatic rings. The van der Waals surface area contributed by atoms with E-state index in [-0.39, 0.29) is 0 Å². The van der Waals surface area contributed by atoms with Gasteiger partial charge in [-0.25, -0.2) is 4.98 Å². The van der Waals surface area contributed by atoms with E-state index in [9.17, 15) is 0 Å². The van der Waals surface area contributed by atoms with E-state index in [1.807, 2.05) is 31.3 Å². The first-order chi connectivity index (χ1) is 9.24. The maximum Gasteiger partial charge on any atom is 0.169 e. The van der Waals surface area contributed by atoms with Crippen LogP contribution in [-0.2, 0) is 12.8 Å². The molecule has 0 unspecified atom stereocenters. The summed E-state index contributed by atoms with van der Waals surface area (Å²) in [4.78, 5) is 4.63. The molecule has 3 nitrogen and oxygen atoms in total. The van der Waals surface area contributed by atoms with E-state index in [1.54, 1.807) is 11.8 Å². The predicted molar refractivity (Wildman–Crippen MR) is 81.1 cm³/mol. The Balaban J connectivity index is 1.87. The summed E-state index contributed by atoms with van der Waals surface area (Å²) in [5.41, 5.74) is 9.92. The maximum atomic E-state index is 5.79. The van der Waals surface area contributed by atoms with Gasteiger partial charge in [-0.05, 0) is 23.8 Å². The quantitative estimate of drug-likeness (QED) is 0.585. The number of imidazole rings is 1. The lowest BCUT2D eigenvalue weighted by atomic mass is 10.2. The first kappa shape index (κ1) is 12.1. The normalized spacial score (nSPS) is 11.0. The zero-order valence-electron chi connectivity index (χ0n) is 10.7. The minimum absolute atomic E-state index is 0.755. The zero-order chi connectivity index (χ0) is 13.2. The first-order valence-electron chi connectivity index (χ1n) is 6.13. The molecule has 0 spiro atoms. The number of hydrogen-bond donors (Lipinski definition) is 1. The molecule has 0 saturated heterocycles. The first-order valence-corrected chi connectivity index (χ1v) is 7.11. The smallest absolute Gasteiger partial charge is 0.169 e. The number of rotatable bonds is 3. The van der Waals surface area contributed by atoms with Gasteiger partial charge >= 0.3 is 0 Å². The van der Waals surface area contributed by atoms with E-state index >= 15 is 0 Å². The van der Waals surface area contributed by atoms with Crippen molar-refractivity contribution in [3.8, 4) is 0 Å². The van der Waals surface area contributed by atoms with Crippen molar-refractivity contribution in [1.29, 1.82) is 0 Å². The Morgan fingerprint density at radius 2 is 1.95 bits per heavy atom. The number of anilines is 1. The van der Waals surface area contributed by atoms with Gasteiger partial charge < -0.3 is 10.3 Å². The van der Waals surface area contributed by atoms with Crippen LogP contribution in [0.15, 0.2) is 53.7 Å². The number of nitrogen functional groups attached to an aromatic ring is 1. The number of aryl methyl sites for hydroxylation is 1. The van der Waals surface area contributed by atoms with Gasteiger partial charge in [-0.1, -0.05) is 42.1 Å². The molecule has 2 aromatic carbocycles. The molecule has 19 heavy (non-hydrogen) atoms. The average molecular weight is 269 g/mol. The predicted octanol–water partition coefficient (Wildman–Crippen LogP) is 3.45. The molecule has 2 N–H and O–H groups in total. The van der Waals surface area contributed by atoms with Crippen molar-refractivity contribution in [2.75, 3.05) is 5.73 Å². The van der Waals surface area contributed by atoms with Crippen molar-refractivity contribution in [3.63, 3.8) is 0 Å². The minimum Gasteiger partial charge on any atom is -0.399 e. The fraction of sp³-hybridized carbons (Fsp3) is 0.133. The fourth-order valence-electron chi connectivity index (χ4n) is 2.05. The number of thioether (sulfide) groups is 1. The Hall–Kier alpha value is -1.94. The highest BCUT2D eigenvalue weighted by atomic mass is 32.2. The summed E-state index contributed by atoms with van der Waals surface area (Å²) < 4.78 is 2.11. The van der Waals surface area contributed by atoms with Crippen LogP contribution < -0.4 is 5.73 Å². The van der Waals surface area contributed by atoms with Gasteiger partial charge in [0.1, 0.15) is 0 Å². The van der Waals surface area contributed by atoms with Gasteiger partial charge in [0, 0.05) is 18.5 Å². The van der Waals surface area contributed by atoms with E-state index in [2.05, 4.69) is 33.8 Å². The summed E-state index contributed by atoms with van der Waals surface area (Å²) in [7, 11) is 2.04. The third-order valence-corrected chi connectivity index (χ3v) is 4.18. The summed E-state index contributed by atoms with van der Waals surface area (Å²) in [6.07, 6.45) is 0. The molecule has 3 rings (SSSR count). The summed E-state index contributed by atoms with van der Waals surface area (Å²) in [5.74, 6) is 0.924. The van der Waals surface area contributed by atoms with E-state index in [1.165, 1.54) is 5.56 Å². The minimum atomic E-state index is 0.755. The number of benzene rings is 2. The zero-order valence-corrected chi connectivity index (χ0v) is 11.5. The van der Waals surface area contributed by atoms with Crippen molar-refractivity contribution in [2.24, 2.45) is 7.05 Å². The molecule has 0 fully saturated rings. The number of aromatic nitrogens is 2. The van der Waals surface area contributed by atoms with Crippen LogP contribution in [0.2, 0.25) is 0 Å². The summed E-state index contributed by atoms with van der Waals surface area (Å²) in [6.45, 7) is 0. The maximum absolute atomic E-state index is 5.79. The van der Waals surface area contributed by atoms with E-state index in [0.29, 0.717) is 0 Å². The molecule has 0 atom stereocenters. The van der Waals surface area contributed by atoms with E-state index < -0.39 is 0 Å². The summed E-state index contributed by atoms with van der Waals surface area (Å²) in [5, 5.41) is 1.02. The Morgan fingerprint density at radius 1 is 1.16 bits per heavy atom. The second kappa shape index (κ2) is 4.97. The van der Waals surface area contributed by atoms with Gasteiger partial charge in [0.15, 0.2) is 5.16 Å². The standard InChI is InChI=1S/C15H15N3S/c1-18-14-8-7-12(16)9-13(14)17-15(18)19-10-11-5-3-2-4-6-11/h2-9H,10,16H2,1H3. The van der Waals surface area contributed by atoms with Crippen molar-refractivity contribution in [1.82, 2.24) is 9.55 Å². The van der Waals surface area contributed by atoms with Gasteiger partial charge in [-0.2, -0.15) is 0 Å². The Kier molecular flexibility index (Phi) is 3.17. The third kappa shape index (κ3) is 2.44. The number of hydrogen-bond acceptors (Lipinski definition) is 3. The molecule has 0 amide bonds. The lowest BCUT2D eigenvalue weighted by Crippen LogP contribution is -1.91. The van der Waals surface area contributed by atoms with Crippen molar-refractivity contribution in [3.05, 3.63) is 54.1 Å². The van der Waals surface area contributed by atoms with Crippen LogP contribution in [0.5, 0.6) is 0 Å². The highest BCUT2D eigenvalue weighted by Crippen LogP contribution is 2.26. The number of nitrogens with two attached hydrogens (primary N) is 1.